The minimum atomic E-state index is -0.0474. The molecule has 0 bridgehead atoms. The number of aromatic nitrogens is 2. The smallest absolute Gasteiger partial charge is 0.268 e. The molecule has 1 aromatic carbocycles. The summed E-state index contributed by atoms with van der Waals surface area (Å²) in [5.41, 5.74) is 1.66. The van der Waals surface area contributed by atoms with Crippen LogP contribution in [0.1, 0.15) is 26.3 Å². The number of benzene rings is 1. The highest BCUT2D eigenvalue weighted by Crippen LogP contribution is 2.40. The molecule has 1 saturated heterocycles. The van der Waals surface area contributed by atoms with E-state index >= 15 is 0 Å². The predicted octanol–water partition coefficient (Wildman–Crippen LogP) is 4.04. The highest BCUT2D eigenvalue weighted by atomic mass is 35.5. The summed E-state index contributed by atoms with van der Waals surface area (Å²) in [6.45, 7) is 2.50. The van der Waals surface area contributed by atoms with E-state index in [9.17, 15) is 4.79 Å². The molecule has 0 N–H and O–H groups in total. The third kappa shape index (κ3) is 2.90. The zero-order valence-electron chi connectivity index (χ0n) is 11.0. The highest BCUT2D eigenvalue weighted by molar-refractivity contribution is 7.99. The molecule has 0 aliphatic carbocycles. The molecule has 1 amide bonds. The van der Waals surface area contributed by atoms with E-state index in [-0.39, 0.29) is 11.3 Å². The van der Waals surface area contributed by atoms with E-state index in [0.717, 1.165) is 22.8 Å². The number of amides is 1. The molecule has 1 aliphatic heterocycles. The summed E-state index contributed by atoms with van der Waals surface area (Å²) in [6, 6.07) is 5.50. The number of carbonyl (C=O) groups is 1. The average Bonchev–Trinajstić information content (AvgIpc) is 3.10. The number of hydrogen-bond donors (Lipinski definition) is 0. The van der Waals surface area contributed by atoms with E-state index < -0.39 is 0 Å². The maximum atomic E-state index is 12.6. The summed E-state index contributed by atoms with van der Waals surface area (Å²) in [7, 11) is 0. The normalized spacial score (nSPS) is 18.2. The van der Waals surface area contributed by atoms with Crippen LogP contribution in [0.4, 0.5) is 0 Å². The molecule has 110 valence electrons. The van der Waals surface area contributed by atoms with Crippen LogP contribution in [0, 0.1) is 6.92 Å². The summed E-state index contributed by atoms with van der Waals surface area (Å²) in [5, 5.41) is 4.88. The molecule has 1 fully saturated rings. The van der Waals surface area contributed by atoms with Gasteiger partial charge in [-0.15, -0.1) is 16.9 Å². The van der Waals surface area contributed by atoms with Gasteiger partial charge in [-0.1, -0.05) is 33.8 Å². The molecule has 2 aromatic rings. The van der Waals surface area contributed by atoms with Gasteiger partial charge in [-0.3, -0.25) is 4.79 Å². The lowest BCUT2D eigenvalue weighted by atomic mass is 10.2. The largest absolute Gasteiger partial charge is 0.321 e. The van der Waals surface area contributed by atoms with Gasteiger partial charge in [0, 0.05) is 12.3 Å². The summed E-state index contributed by atoms with van der Waals surface area (Å²) in [5.74, 6) is 0.866. The lowest BCUT2D eigenvalue weighted by molar-refractivity contribution is 0.0764. The van der Waals surface area contributed by atoms with Gasteiger partial charge in [-0.2, -0.15) is 0 Å². The monoisotopic (exact) mass is 359 g/mol. The van der Waals surface area contributed by atoms with Crippen LogP contribution in [0.3, 0.4) is 0 Å². The average molecular weight is 360 g/mol. The van der Waals surface area contributed by atoms with Crippen LogP contribution in [0.25, 0.3) is 0 Å². The van der Waals surface area contributed by atoms with Crippen LogP contribution in [0.15, 0.2) is 18.2 Å². The zero-order chi connectivity index (χ0) is 15.0. The lowest BCUT2D eigenvalue weighted by Gasteiger charge is -2.23. The van der Waals surface area contributed by atoms with Crippen LogP contribution in [-0.4, -0.2) is 32.7 Å². The summed E-state index contributed by atoms with van der Waals surface area (Å²) < 4.78 is 3.84. The standard InChI is InChI=1S/C13H11Cl2N3OS2/c1-7-11(21-17-16-7)12(19)18-4-5-20-13(18)8-2-3-9(14)10(15)6-8/h2-3,6,13H,4-5H2,1H3/t13-/m1/s1. The molecule has 3 rings (SSSR count). The molecule has 0 saturated carbocycles. The van der Waals surface area contributed by atoms with Crippen LogP contribution >= 0.6 is 46.5 Å². The molecule has 0 spiro atoms. The Bertz CT molecular complexity index is 692. The van der Waals surface area contributed by atoms with Crippen molar-refractivity contribution in [3.05, 3.63) is 44.4 Å². The quantitative estimate of drug-likeness (QED) is 0.811. The van der Waals surface area contributed by atoms with Crippen LogP contribution < -0.4 is 0 Å². The second-order valence-corrected chi connectivity index (χ2v) is 7.34. The van der Waals surface area contributed by atoms with Gasteiger partial charge in [0.15, 0.2) is 0 Å². The van der Waals surface area contributed by atoms with Crippen molar-refractivity contribution in [2.45, 2.75) is 12.3 Å². The van der Waals surface area contributed by atoms with Crippen molar-refractivity contribution in [2.24, 2.45) is 0 Å². The van der Waals surface area contributed by atoms with E-state index in [2.05, 4.69) is 9.59 Å². The lowest BCUT2D eigenvalue weighted by Crippen LogP contribution is -2.30. The molecule has 2 heterocycles. The Kier molecular flexibility index (Phi) is 4.40. The van der Waals surface area contributed by atoms with Crippen molar-refractivity contribution in [1.29, 1.82) is 0 Å². The van der Waals surface area contributed by atoms with Gasteiger partial charge in [-0.05, 0) is 36.2 Å². The van der Waals surface area contributed by atoms with E-state index in [4.69, 9.17) is 23.2 Å². The molecule has 8 heteroatoms. The minimum absolute atomic E-state index is 0.0245. The molecule has 1 aromatic heterocycles. The van der Waals surface area contributed by atoms with Gasteiger partial charge in [0.05, 0.1) is 15.7 Å². The maximum Gasteiger partial charge on any atom is 0.268 e. The van der Waals surface area contributed by atoms with E-state index in [0.29, 0.717) is 27.2 Å². The van der Waals surface area contributed by atoms with Crippen molar-refractivity contribution < 1.29 is 4.79 Å². The zero-order valence-corrected chi connectivity index (χ0v) is 14.2. The summed E-state index contributed by atoms with van der Waals surface area (Å²) in [6.07, 6.45) is 0. The number of nitrogens with zero attached hydrogens (tertiary/aromatic N) is 3. The topological polar surface area (TPSA) is 46.1 Å². The maximum absolute atomic E-state index is 12.6. The third-order valence-corrected chi connectivity index (χ3v) is 6.04. The van der Waals surface area contributed by atoms with Crippen molar-refractivity contribution in [3.8, 4) is 0 Å². The van der Waals surface area contributed by atoms with Gasteiger partial charge < -0.3 is 4.90 Å². The van der Waals surface area contributed by atoms with E-state index in [1.54, 1.807) is 24.8 Å². The number of halogens is 2. The van der Waals surface area contributed by atoms with E-state index in [1.807, 2.05) is 17.0 Å². The molecule has 1 atom stereocenters. The van der Waals surface area contributed by atoms with E-state index in [1.165, 1.54) is 0 Å². The highest BCUT2D eigenvalue weighted by Gasteiger charge is 2.33. The van der Waals surface area contributed by atoms with Gasteiger partial charge in [-0.25, -0.2) is 0 Å². The van der Waals surface area contributed by atoms with Crippen LogP contribution in [0.5, 0.6) is 0 Å². The Morgan fingerprint density at radius 3 is 2.86 bits per heavy atom. The van der Waals surface area contributed by atoms with Crippen molar-refractivity contribution in [2.75, 3.05) is 12.3 Å². The first-order chi connectivity index (χ1) is 10.1. The second kappa shape index (κ2) is 6.12. The SMILES string of the molecule is Cc1nnsc1C(=O)N1CCS[C@@H]1c1ccc(Cl)c(Cl)c1. The fraction of sp³-hybridized carbons (Fsp3) is 0.308. The predicted molar refractivity (Wildman–Crippen MR) is 87.3 cm³/mol. The number of rotatable bonds is 2. The summed E-state index contributed by atoms with van der Waals surface area (Å²) >= 11 is 14.9. The minimum Gasteiger partial charge on any atom is -0.321 e. The van der Waals surface area contributed by atoms with Crippen LogP contribution in [0.2, 0.25) is 10.0 Å². The number of carbonyl (C=O) groups excluding carboxylic acids is 1. The van der Waals surface area contributed by atoms with Gasteiger partial charge in [0.2, 0.25) is 0 Å². The van der Waals surface area contributed by atoms with Gasteiger partial charge >= 0.3 is 0 Å². The Morgan fingerprint density at radius 1 is 1.38 bits per heavy atom. The second-order valence-electron chi connectivity index (χ2n) is 4.58. The van der Waals surface area contributed by atoms with Crippen molar-refractivity contribution >= 4 is 52.4 Å². The Morgan fingerprint density at radius 2 is 2.19 bits per heavy atom. The first kappa shape index (κ1) is 15.1. The molecular weight excluding hydrogens is 349 g/mol. The van der Waals surface area contributed by atoms with Gasteiger partial charge in [0.1, 0.15) is 10.3 Å². The summed E-state index contributed by atoms with van der Waals surface area (Å²) in [4.78, 5) is 15.1. The number of hydrogen-bond acceptors (Lipinski definition) is 5. The fourth-order valence-corrected chi connectivity index (χ4v) is 4.34. The van der Waals surface area contributed by atoms with Crippen LogP contribution in [-0.2, 0) is 0 Å². The molecule has 1 aliphatic rings. The first-order valence-electron chi connectivity index (χ1n) is 6.24. The molecular formula is C13H11Cl2N3OS2. The molecule has 21 heavy (non-hydrogen) atoms. The molecule has 0 radical (unpaired) electrons. The first-order valence-corrected chi connectivity index (χ1v) is 8.82. The molecule has 0 unspecified atom stereocenters. The Balaban J connectivity index is 1.90. The van der Waals surface area contributed by atoms with Crippen molar-refractivity contribution in [1.82, 2.24) is 14.5 Å². The Labute approximate surface area is 140 Å². The Hall–Kier alpha value is -0.820. The fourth-order valence-electron chi connectivity index (χ4n) is 2.18. The number of thioether (sulfide) groups is 1. The molecule has 4 nitrogen and oxygen atoms in total. The van der Waals surface area contributed by atoms with Gasteiger partial charge in [0.25, 0.3) is 5.91 Å². The third-order valence-electron chi connectivity index (χ3n) is 3.23. The van der Waals surface area contributed by atoms with Crippen molar-refractivity contribution in [3.63, 3.8) is 0 Å². The number of aryl methyl sites for hydroxylation is 1.